The fourth-order valence-electron chi connectivity index (χ4n) is 2.72. The molecule has 1 saturated heterocycles. The van der Waals surface area contributed by atoms with Crippen LogP contribution in [0.15, 0.2) is 24.3 Å². The zero-order valence-electron chi connectivity index (χ0n) is 7.40. The van der Waals surface area contributed by atoms with Crippen molar-refractivity contribution in [1.29, 1.82) is 0 Å². The van der Waals surface area contributed by atoms with Gasteiger partial charge in [-0.2, -0.15) is 0 Å². The minimum atomic E-state index is -0.199. The lowest BCUT2D eigenvalue weighted by Crippen LogP contribution is -2.55. The van der Waals surface area contributed by atoms with Crippen LogP contribution in [-0.2, 0) is 9.53 Å². The number of rotatable bonds is 0. The van der Waals surface area contributed by atoms with Crippen LogP contribution in [0.4, 0.5) is 0 Å². The van der Waals surface area contributed by atoms with Gasteiger partial charge in [0.15, 0.2) is 5.78 Å². The van der Waals surface area contributed by atoms with E-state index < -0.39 is 0 Å². The molecular formula is C11H12O2. The second kappa shape index (κ2) is 2.32. The Bertz CT molecular complexity index is 298. The maximum Gasteiger partial charge on any atom is 0.178 e. The van der Waals surface area contributed by atoms with E-state index in [1.54, 1.807) is 12.2 Å². The Kier molecular flexibility index (Phi) is 1.34. The zero-order chi connectivity index (χ0) is 8.89. The van der Waals surface area contributed by atoms with Crippen molar-refractivity contribution in [2.75, 3.05) is 0 Å². The topological polar surface area (TPSA) is 26.3 Å². The third kappa shape index (κ3) is 0.894. The number of fused-ring (bicyclic) bond motifs is 2. The van der Waals surface area contributed by atoms with Gasteiger partial charge in [-0.15, -0.1) is 0 Å². The molecule has 0 N–H and O–H groups in total. The maximum atomic E-state index is 11.0. The van der Waals surface area contributed by atoms with E-state index in [4.69, 9.17) is 4.74 Å². The SMILES string of the molecule is O=C1C=CC2(C=C1)O[C@H]1CCC[C@H]12. The van der Waals surface area contributed by atoms with Gasteiger partial charge in [-0.25, -0.2) is 0 Å². The molecule has 0 bridgehead atoms. The molecule has 3 rings (SSSR count). The molecule has 0 amide bonds. The van der Waals surface area contributed by atoms with Crippen LogP contribution < -0.4 is 0 Å². The molecule has 1 saturated carbocycles. The number of ether oxygens (including phenoxy) is 1. The molecule has 0 unspecified atom stereocenters. The smallest absolute Gasteiger partial charge is 0.178 e. The molecule has 68 valence electrons. The number of carbonyl (C=O) groups is 1. The first-order valence-corrected chi connectivity index (χ1v) is 4.90. The number of hydrogen-bond acceptors (Lipinski definition) is 2. The van der Waals surface area contributed by atoms with E-state index in [0.717, 1.165) is 0 Å². The van der Waals surface area contributed by atoms with E-state index in [-0.39, 0.29) is 11.4 Å². The average molecular weight is 176 g/mol. The molecular weight excluding hydrogens is 164 g/mol. The summed E-state index contributed by atoms with van der Waals surface area (Å²) in [5.74, 6) is 0.712. The van der Waals surface area contributed by atoms with E-state index >= 15 is 0 Å². The van der Waals surface area contributed by atoms with Gasteiger partial charge in [-0.3, -0.25) is 4.79 Å². The zero-order valence-corrected chi connectivity index (χ0v) is 7.40. The molecule has 0 aromatic rings. The van der Waals surface area contributed by atoms with E-state index in [0.29, 0.717) is 12.0 Å². The predicted octanol–water partition coefficient (Wildman–Crippen LogP) is 1.62. The summed E-state index contributed by atoms with van der Waals surface area (Å²) < 4.78 is 5.81. The highest BCUT2D eigenvalue weighted by Crippen LogP contribution is 2.51. The summed E-state index contributed by atoms with van der Waals surface area (Å²) in [6.07, 6.45) is 11.3. The van der Waals surface area contributed by atoms with Crippen LogP contribution in [0.2, 0.25) is 0 Å². The van der Waals surface area contributed by atoms with Crippen molar-refractivity contribution in [3.63, 3.8) is 0 Å². The molecule has 2 aliphatic carbocycles. The highest BCUT2D eigenvalue weighted by atomic mass is 16.5. The first kappa shape index (κ1) is 7.51. The molecule has 0 aromatic heterocycles. The number of allylic oxidation sites excluding steroid dienone is 2. The molecule has 1 aliphatic heterocycles. The number of carbonyl (C=O) groups excluding carboxylic acids is 1. The Labute approximate surface area is 77.3 Å². The lowest BCUT2D eigenvalue weighted by Gasteiger charge is -2.49. The van der Waals surface area contributed by atoms with E-state index in [1.807, 2.05) is 12.2 Å². The van der Waals surface area contributed by atoms with Crippen molar-refractivity contribution in [1.82, 2.24) is 0 Å². The molecule has 13 heavy (non-hydrogen) atoms. The predicted molar refractivity (Wildman–Crippen MR) is 48.2 cm³/mol. The number of ketones is 1. The second-order valence-electron chi connectivity index (χ2n) is 4.12. The highest BCUT2D eigenvalue weighted by Gasteiger charge is 2.54. The standard InChI is InChI=1S/C11H12O2/c12-8-4-6-11(7-5-8)9-2-1-3-10(9)13-11/h4-7,9-10H,1-3H2/t9-,10+/m1/s1. The molecule has 2 nitrogen and oxygen atoms in total. The molecule has 2 atom stereocenters. The highest BCUT2D eigenvalue weighted by molar-refractivity contribution is 6.00. The van der Waals surface area contributed by atoms with Gasteiger partial charge >= 0.3 is 0 Å². The normalized spacial score (nSPS) is 39.2. The fraction of sp³-hybridized carbons (Fsp3) is 0.545. The lowest BCUT2D eigenvalue weighted by molar-refractivity contribution is -0.192. The molecule has 3 aliphatic rings. The fourth-order valence-corrected chi connectivity index (χ4v) is 2.72. The van der Waals surface area contributed by atoms with E-state index in [1.165, 1.54) is 19.3 Å². The second-order valence-corrected chi connectivity index (χ2v) is 4.12. The minimum absolute atomic E-state index is 0.0793. The molecule has 1 spiro atoms. The van der Waals surface area contributed by atoms with Gasteiger partial charge in [-0.05, 0) is 37.1 Å². The Morgan fingerprint density at radius 3 is 2.77 bits per heavy atom. The molecule has 2 heteroatoms. The Morgan fingerprint density at radius 1 is 1.31 bits per heavy atom. The third-order valence-corrected chi connectivity index (χ3v) is 3.40. The van der Waals surface area contributed by atoms with Crippen molar-refractivity contribution in [2.45, 2.75) is 31.0 Å². The van der Waals surface area contributed by atoms with Crippen LogP contribution in [0.3, 0.4) is 0 Å². The van der Waals surface area contributed by atoms with Crippen LogP contribution in [0, 0.1) is 5.92 Å². The average Bonchev–Trinajstić information content (AvgIpc) is 2.50. The molecule has 0 radical (unpaired) electrons. The maximum absolute atomic E-state index is 11.0. The summed E-state index contributed by atoms with van der Waals surface area (Å²) in [7, 11) is 0. The van der Waals surface area contributed by atoms with E-state index in [2.05, 4.69) is 0 Å². The van der Waals surface area contributed by atoms with Crippen molar-refractivity contribution in [2.24, 2.45) is 5.92 Å². The van der Waals surface area contributed by atoms with Gasteiger partial charge in [0, 0.05) is 5.92 Å². The van der Waals surface area contributed by atoms with Gasteiger partial charge in [0.2, 0.25) is 0 Å². The van der Waals surface area contributed by atoms with Gasteiger partial charge < -0.3 is 4.74 Å². The summed E-state index contributed by atoms with van der Waals surface area (Å²) in [6.45, 7) is 0. The van der Waals surface area contributed by atoms with Crippen molar-refractivity contribution in [3.8, 4) is 0 Å². The van der Waals surface area contributed by atoms with Crippen molar-refractivity contribution < 1.29 is 9.53 Å². The monoisotopic (exact) mass is 176 g/mol. The quantitative estimate of drug-likeness (QED) is 0.560. The third-order valence-electron chi connectivity index (χ3n) is 3.40. The van der Waals surface area contributed by atoms with Crippen molar-refractivity contribution in [3.05, 3.63) is 24.3 Å². The van der Waals surface area contributed by atoms with Crippen LogP contribution in [-0.4, -0.2) is 17.5 Å². The first-order valence-electron chi connectivity index (χ1n) is 4.90. The summed E-state index contributed by atoms with van der Waals surface area (Å²) in [5.41, 5.74) is -0.199. The summed E-state index contributed by atoms with van der Waals surface area (Å²) >= 11 is 0. The summed E-state index contributed by atoms with van der Waals surface area (Å²) in [6, 6.07) is 0. The van der Waals surface area contributed by atoms with Crippen LogP contribution in [0.1, 0.15) is 19.3 Å². The van der Waals surface area contributed by atoms with Gasteiger partial charge in [-0.1, -0.05) is 6.42 Å². The Morgan fingerprint density at radius 2 is 2.08 bits per heavy atom. The van der Waals surface area contributed by atoms with Crippen LogP contribution >= 0.6 is 0 Å². The van der Waals surface area contributed by atoms with Gasteiger partial charge in [0.1, 0.15) is 5.60 Å². The van der Waals surface area contributed by atoms with E-state index in [9.17, 15) is 4.79 Å². The summed E-state index contributed by atoms with van der Waals surface area (Å²) in [4.78, 5) is 11.0. The molecule has 2 fully saturated rings. The lowest BCUT2D eigenvalue weighted by atomic mass is 9.76. The van der Waals surface area contributed by atoms with Crippen molar-refractivity contribution >= 4 is 5.78 Å². The van der Waals surface area contributed by atoms with Crippen LogP contribution in [0.5, 0.6) is 0 Å². The molecule has 0 aromatic carbocycles. The Hall–Kier alpha value is -0.890. The van der Waals surface area contributed by atoms with Gasteiger partial charge in [0.05, 0.1) is 6.10 Å². The largest absolute Gasteiger partial charge is 0.363 e. The van der Waals surface area contributed by atoms with Gasteiger partial charge in [0.25, 0.3) is 0 Å². The minimum Gasteiger partial charge on any atom is -0.363 e. The summed E-state index contributed by atoms with van der Waals surface area (Å²) in [5, 5.41) is 0. The number of hydrogen-bond donors (Lipinski definition) is 0. The van der Waals surface area contributed by atoms with Crippen LogP contribution in [0.25, 0.3) is 0 Å². The first-order chi connectivity index (χ1) is 6.30. The molecule has 1 heterocycles. The Balaban J connectivity index is 1.89.